The lowest BCUT2D eigenvalue weighted by atomic mass is 10.2. The second-order valence-corrected chi connectivity index (χ2v) is 4.19. The van der Waals surface area contributed by atoms with Gasteiger partial charge in [-0.05, 0) is 17.7 Å². The van der Waals surface area contributed by atoms with Crippen molar-refractivity contribution in [3.05, 3.63) is 35.7 Å². The van der Waals surface area contributed by atoms with Crippen LogP contribution in [-0.2, 0) is 9.53 Å². The number of carboxylic acids is 1. The minimum Gasteiger partial charge on any atom is -0.478 e. The monoisotopic (exact) mass is 277 g/mol. The molecular formula is C13H15N3O4. The normalized spacial score (nSPS) is 16.2. The molecule has 0 aromatic carbocycles. The molecular weight excluding hydrogens is 262 g/mol. The number of ether oxygens (including phenoxy) is 1. The maximum atomic E-state index is 11.9. The molecule has 0 radical (unpaired) electrons. The van der Waals surface area contributed by atoms with Crippen LogP contribution in [0, 0.1) is 0 Å². The molecule has 106 valence electrons. The van der Waals surface area contributed by atoms with E-state index in [9.17, 15) is 9.59 Å². The Kier molecular flexibility index (Phi) is 4.80. The molecule has 20 heavy (non-hydrogen) atoms. The van der Waals surface area contributed by atoms with Gasteiger partial charge in [0.1, 0.15) is 5.69 Å². The molecule has 1 aromatic heterocycles. The fraction of sp³-hybridized carbons (Fsp3) is 0.308. The number of hydrogen-bond donors (Lipinski definition) is 2. The van der Waals surface area contributed by atoms with Gasteiger partial charge >= 0.3 is 5.97 Å². The van der Waals surface area contributed by atoms with Crippen molar-refractivity contribution in [1.82, 2.24) is 15.4 Å². The number of nitrogens with zero attached hydrogens (tertiary/aromatic N) is 2. The van der Waals surface area contributed by atoms with Gasteiger partial charge in [0.05, 0.1) is 13.2 Å². The number of carbonyl (C=O) groups excluding carboxylic acids is 1. The Hall–Kier alpha value is -2.25. The average molecular weight is 277 g/mol. The van der Waals surface area contributed by atoms with Gasteiger partial charge in [-0.3, -0.25) is 15.2 Å². The summed E-state index contributed by atoms with van der Waals surface area (Å²) in [6.45, 7) is 2.47. The molecule has 0 spiro atoms. The first-order valence-corrected chi connectivity index (χ1v) is 6.16. The number of aliphatic carboxylic acids is 1. The predicted octanol–water partition coefficient (Wildman–Crippen LogP) is 0.156. The highest BCUT2D eigenvalue weighted by atomic mass is 16.5. The van der Waals surface area contributed by atoms with E-state index in [0.29, 0.717) is 31.9 Å². The molecule has 1 saturated heterocycles. The third kappa shape index (κ3) is 4.15. The van der Waals surface area contributed by atoms with Gasteiger partial charge in [-0.25, -0.2) is 9.80 Å². The van der Waals surface area contributed by atoms with E-state index in [1.807, 2.05) is 0 Å². The van der Waals surface area contributed by atoms with E-state index in [2.05, 4.69) is 10.4 Å². The third-order valence-corrected chi connectivity index (χ3v) is 2.71. The maximum Gasteiger partial charge on any atom is 0.328 e. The summed E-state index contributed by atoms with van der Waals surface area (Å²) < 4.78 is 5.18. The Balaban J connectivity index is 1.94. The lowest BCUT2D eigenvalue weighted by molar-refractivity contribution is -0.131. The smallest absolute Gasteiger partial charge is 0.328 e. The first-order chi connectivity index (χ1) is 9.65. The third-order valence-electron chi connectivity index (χ3n) is 2.71. The molecule has 0 saturated carbocycles. The van der Waals surface area contributed by atoms with Crippen molar-refractivity contribution in [3.8, 4) is 0 Å². The first-order valence-electron chi connectivity index (χ1n) is 6.16. The second kappa shape index (κ2) is 6.78. The van der Waals surface area contributed by atoms with Crippen molar-refractivity contribution in [1.29, 1.82) is 0 Å². The van der Waals surface area contributed by atoms with Crippen molar-refractivity contribution < 1.29 is 19.4 Å². The van der Waals surface area contributed by atoms with Crippen LogP contribution in [0.1, 0.15) is 16.1 Å². The standard InChI is InChI=1S/C13H15N3O4/c17-12(18)4-2-10-1-3-11(14-9-10)13(19)15-16-5-7-20-8-6-16/h1-4,9H,5-8H2,(H,15,19)(H,17,18)/b4-2+. The SMILES string of the molecule is O=C(O)/C=C/c1ccc(C(=O)NN2CCOCC2)nc1. The van der Waals surface area contributed by atoms with Gasteiger partial charge in [0.25, 0.3) is 5.91 Å². The summed E-state index contributed by atoms with van der Waals surface area (Å²) in [4.78, 5) is 26.3. The number of carboxylic acid groups (broad SMARTS) is 1. The summed E-state index contributed by atoms with van der Waals surface area (Å²) in [6, 6.07) is 3.19. The van der Waals surface area contributed by atoms with Gasteiger partial charge in [0.2, 0.25) is 0 Å². The molecule has 0 bridgehead atoms. The number of aromatic nitrogens is 1. The Bertz CT molecular complexity index is 507. The Morgan fingerprint density at radius 2 is 2.10 bits per heavy atom. The lowest BCUT2D eigenvalue weighted by Crippen LogP contribution is -2.48. The highest BCUT2D eigenvalue weighted by Gasteiger charge is 2.14. The molecule has 2 rings (SSSR count). The molecule has 1 aliphatic rings. The van der Waals surface area contributed by atoms with Crippen molar-refractivity contribution in [2.24, 2.45) is 0 Å². The van der Waals surface area contributed by atoms with E-state index in [1.165, 1.54) is 12.3 Å². The summed E-state index contributed by atoms with van der Waals surface area (Å²) in [5.74, 6) is -1.32. The highest BCUT2D eigenvalue weighted by molar-refractivity contribution is 5.92. The van der Waals surface area contributed by atoms with E-state index in [0.717, 1.165) is 6.08 Å². The molecule has 1 aliphatic heterocycles. The zero-order valence-electron chi connectivity index (χ0n) is 10.8. The zero-order chi connectivity index (χ0) is 14.4. The minimum atomic E-state index is -1.03. The maximum absolute atomic E-state index is 11.9. The Labute approximate surface area is 115 Å². The quantitative estimate of drug-likeness (QED) is 0.762. The lowest BCUT2D eigenvalue weighted by Gasteiger charge is -2.26. The summed E-state index contributed by atoms with van der Waals surface area (Å²) >= 11 is 0. The summed E-state index contributed by atoms with van der Waals surface area (Å²) in [5.41, 5.74) is 3.65. The van der Waals surface area contributed by atoms with E-state index in [1.54, 1.807) is 17.1 Å². The number of rotatable bonds is 4. The van der Waals surface area contributed by atoms with Crippen LogP contribution >= 0.6 is 0 Å². The first kappa shape index (κ1) is 14.2. The van der Waals surface area contributed by atoms with Crippen molar-refractivity contribution in [2.75, 3.05) is 26.3 Å². The van der Waals surface area contributed by atoms with E-state index >= 15 is 0 Å². The van der Waals surface area contributed by atoms with Gasteiger partial charge in [0.15, 0.2) is 0 Å². The van der Waals surface area contributed by atoms with Crippen molar-refractivity contribution >= 4 is 18.0 Å². The Morgan fingerprint density at radius 3 is 2.70 bits per heavy atom. The van der Waals surface area contributed by atoms with Gasteiger partial charge in [-0.1, -0.05) is 6.07 Å². The molecule has 2 heterocycles. The van der Waals surface area contributed by atoms with Crippen LogP contribution in [0.25, 0.3) is 6.08 Å². The van der Waals surface area contributed by atoms with Crippen LogP contribution in [0.2, 0.25) is 0 Å². The number of hydrogen-bond acceptors (Lipinski definition) is 5. The highest BCUT2D eigenvalue weighted by Crippen LogP contribution is 2.03. The summed E-state index contributed by atoms with van der Waals surface area (Å²) in [5, 5.41) is 10.3. The van der Waals surface area contributed by atoms with Crippen LogP contribution in [0.5, 0.6) is 0 Å². The van der Waals surface area contributed by atoms with Crippen LogP contribution in [0.3, 0.4) is 0 Å². The number of carbonyl (C=O) groups is 2. The van der Waals surface area contributed by atoms with Crippen LogP contribution in [-0.4, -0.2) is 53.3 Å². The molecule has 0 aliphatic carbocycles. The number of morpholine rings is 1. The predicted molar refractivity (Wildman–Crippen MR) is 70.8 cm³/mol. The molecule has 0 unspecified atom stereocenters. The van der Waals surface area contributed by atoms with E-state index in [4.69, 9.17) is 9.84 Å². The molecule has 1 aromatic rings. The van der Waals surface area contributed by atoms with Crippen LogP contribution in [0.15, 0.2) is 24.4 Å². The largest absolute Gasteiger partial charge is 0.478 e. The van der Waals surface area contributed by atoms with E-state index in [-0.39, 0.29) is 11.6 Å². The van der Waals surface area contributed by atoms with Gasteiger partial charge in [-0.15, -0.1) is 0 Å². The van der Waals surface area contributed by atoms with Crippen LogP contribution in [0.4, 0.5) is 0 Å². The molecule has 1 fully saturated rings. The number of hydrazine groups is 1. The van der Waals surface area contributed by atoms with Crippen molar-refractivity contribution in [2.45, 2.75) is 0 Å². The topological polar surface area (TPSA) is 91.8 Å². The number of amides is 1. The second-order valence-electron chi connectivity index (χ2n) is 4.19. The fourth-order valence-corrected chi connectivity index (χ4v) is 1.68. The average Bonchev–Trinajstić information content (AvgIpc) is 2.46. The molecule has 7 heteroatoms. The zero-order valence-corrected chi connectivity index (χ0v) is 10.8. The number of nitrogens with one attached hydrogen (secondary N) is 1. The summed E-state index contributed by atoms with van der Waals surface area (Å²) in [6.07, 6.45) is 3.89. The molecule has 1 amide bonds. The van der Waals surface area contributed by atoms with Gasteiger partial charge < -0.3 is 9.84 Å². The van der Waals surface area contributed by atoms with Crippen molar-refractivity contribution in [3.63, 3.8) is 0 Å². The Morgan fingerprint density at radius 1 is 1.35 bits per heavy atom. The van der Waals surface area contributed by atoms with Crippen LogP contribution < -0.4 is 5.43 Å². The molecule has 0 atom stereocenters. The van der Waals surface area contributed by atoms with E-state index < -0.39 is 5.97 Å². The molecule has 7 nitrogen and oxygen atoms in total. The summed E-state index contributed by atoms with van der Waals surface area (Å²) in [7, 11) is 0. The van der Waals surface area contributed by atoms with Gasteiger partial charge in [0, 0.05) is 25.4 Å². The number of pyridine rings is 1. The minimum absolute atomic E-state index is 0.281. The molecule has 2 N–H and O–H groups in total. The van der Waals surface area contributed by atoms with Gasteiger partial charge in [-0.2, -0.15) is 0 Å². The fourth-order valence-electron chi connectivity index (χ4n) is 1.68.